The second-order valence-corrected chi connectivity index (χ2v) is 20.0. The molecule has 0 spiro atoms. The van der Waals surface area contributed by atoms with E-state index in [4.69, 9.17) is 60.6 Å². The van der Waals surface area contributed by atoms with Crippen LogP contribution in [-0.2, 0) is 27.1 Å². The van der Waals surface area contributed by atoms with Gasteiger partial charge in [-0.2, -0.15) is 10.2 Å². The molecule has 8 rings (SSSR count). The fraction of sp³-hybridized carbons (Fsp3) is 0.269. The Morgan fingerprint density at radius 1 is 0.635 bits per heavy atom. The Labute approximate surface area is 457 Å². The van der Waals surface area contributed by atoms with E-state index in [-0.39, 0.29) is 66.9 Å². The number of carbonyl (C=O) groups excluding carboxylic acids is 3. The smallest absolute Gasteiger partial charge is 0.870 e. The number of amides is 2. The molecule has 2 amide bonds. The molecule has 4 heterocycles. The van der Waals surface area contributed by atoms with Crippen LogP contribution in [-0.4, -0.2) is 95.0 Å². The summed E-state index contributed by atoms with van der Waals surface area (Å²) in [6.07, 6.45) is 2.74. The number of rotatable bonds is 7. The number of aromatic carboxylic acids is 1. The van der Waals surface area contributed by atoms with Crippen molar-refractivity contribution in [2.45, 2.75) is 72.5 Å². The first-order valence-corrected chi connectivity index (χ1v) is 24.0. The maximum atomic E-state index is 13.6. The molecule has 4 aromatic carbocycles. The van der Waals surface area contributed by atoms with Gasteiger partial charge in [-0.1, -0.05) is 70.7 Å². The third-order valence-electron chi connectivity index (χ3n) is 10.7. The molecule has 0 atom stereocenters. The molecular formula is C52H49Cl4F2LiN6O9. The van der Waals surface area contributed by atoms with Gasteiger partial charge in [0.15, 0.2) is 11.4 Å². The van der Waals surface area contributed by atoms with Crippen LogP contribution in [0.5, 0.6) is 0 Å². The minimum atomic E-state index is -1.21. The number of fused-ring (bicyclic) bond motifs is 2. The molecule has 22 heteroatoms. The first kappa shape index (κ1) is 58.7. The molecule has 0 radical (unpaired) electrons. The molecule has 2 aliphatic rings. The van der Waals surface area contributed by atoms with Gasteiger partial charge in [0.2, 0.25) is 0 Å². The minimum Gasteiger partial charge on any atom is -0.870 e. The molecule has 0 unspecified atom stereocenters. The fourth-order valence-corrected chi connectivity index (χ4v) is 8.75. The zero-order valence-electron chi connectivity index (χ0n) is 41.5. The average Bonchev–Trinajstić information content (AvgIpc) is 3.87. The number of aromatic nitrogens is 4. The molecule has 384 valence electrons. The van der Waals surface area contributed by atoms with E-state index in [1.165, 1.54) is 49.5 Å². The van der Waals surface area contributed by atoms with Gasteiger partial charge in [0.25, 0.3) is 0 Å². The van der Waals surface area contributed by atoms with Crippen LogP contribution < -0.4 is 18.9 Å². The Hall–Kier alpha value is -6.16. The number of halogens is 6. The zero-order chi connectivity index (χ0) is 52.4. The molecule has 15 nitrogen and oxygen atoms in total. The number of esters is 1. The van der Waals surface area contributed by atoms with E-state index >= 15 is 0 Å². The van der Waals surface area contributed by atoms with Crippen molar-refractivity contribution in [3.8, 4) is 11.4 Å². The summed E-state index contributed by atoms with van der Waals surface area (Å²) in [5, 5.41) is 20.1. The largest absolute Gasteiger partial charge is 1.00 e. The molecule has 2 N–H and O–H groups in total. The van der Waals surface area contributed by atoms with Gasteiger partial charge in [-0.3, -0.25) is 9.80 Å². The van der Waals surface area contributed by atoms with Crippen LogP contribution in [0.3, 0.4) is 0 Å². The van der Waals surface area contributed by atoms with E-state index in [1.54, 1.807) is 115 Å². The number of hydrogen-bond acceptors (Lipinski definition) is 10. The SMILES string of the molecule is CC(C)(C)OC(=O)N1CCc2c(C(=O)O)nn(-c3ccc(Cl)cc3Cl)c2/C1=C/c1ccc(F)cc1.CCOC(=O)c1nn(-c2ccc(Cl)cc2Cl)c2c1CCN(C(=O)OC(C)(C)C)/C2=C\c1ccc(F)cc1.[Li+].[OH-]. The molecular weight excluding hydrogens is 1040 g/mol. The molecule has 6 aromatic rings. The Bertz CT molecular complexity index is 3150. The Morgan fingerprint density at radius 2 is 1.01 bits per heavy atom. The molecule has 0 aliphatic carbocycles. The van der Waals surface area contributed by atoms with Crippen LogP contribution in [0.4, 0.5) is 18.4 Å². The Morgan fingerprint density at radius 3 is 1.36 bits per heavy atom. The molecule has 2 aliphatic heterocycles. The second kappa shape index (κ2) is 24.0. The van der Waals surface area contributed by atoms with Crippen molar-refractivity contribution in [2.75, 3.05) is 19.7 Å². The summed E-state index contributed by atoms with van der Waals surface area (Å²) >= 11 is 25.2. The van der Waals surface area contributed by atoms with Crippen LogP contribution in [0.15, 0.2) is 84.9 Å². The van der Waals surface area contributed by atoms with Gasteiger partial charge in [-0.25, -0.2) is 37.3 Å². The van der Waals surface area contributed by atoms with Crippen LogP contribution in [0, 0.1) is 11.6 Å². The number of carboxylic acid groups (broad SMARTS) is 1. The van der Waals surface area contributed by atoms with Gasteiger partial charge in [-0.15, -0.1) is 0 Å². The Balaban J connectivity index is 0.000000267. The van der Waals surface area contributed by atoms with Crippen molar-refractivity contribution >= 4 is 94.1 Å². The van der Waals surface area contributed by atoms with Crippen LogP contribution in [0.2, 0.25) is 20.1 Å². The predicted octanol–water partition coefficient (Wildman–Crippen LogP) is 9.92. The van der Waals surface area contributed by atoms with Crippen molar-refractivity contribution in [3.05, 3.63) is 162 Å². The number of carbonyl (C=O) groups is 4. The summed E-state index contributed by atoms with van der Waals surface area (Å²) in [6.45, 7) is 12.9. The van der Waals surface area contributed by atoms with E-state index in [0.717, 1.165) is 0 Å². The van der Waals surface area contributed by atoms with Gasteiger partial charge >= 0.3 is 43.0 Å². The topological polar surface area (TPSA) is 188 Å². The molecule has 2 aromatic heterocycles. The normalized spacial score (nSPS) is 14.2. The van der Waals surface area contributed by atoms with Gasteiger partial charge < -0.3 is 24.8 Å². The average molecular weight is 1090 g/mol. The van der Waals surface area contributed by atoms with E-state index in [9.17, 15) is 33.1 Å². The maximum absolute atomic E-state index is 13.6. The summed E-state index contributed by atoms with van der Waals surface area (Å²) in [5.74, 6) is -2.60. The minimum absolute atomic E-state index is 0. The predicted molar refractivity (Wildman–Crippen MR) is 274 cm³/mol. The standard InChI is InChI=1S/C27H26Cl2FN3O4.C25H22Cl2FN3O4.Li.H2O/c1-5-36-25(34)23-19-12-13-32(26(35)37-27(2,3)4)22(14-16-6-9-18(30)10-7-16)24(19)33(31-23)21-11-8-17(28)15-20(21)29;1-25(2,3)35-24(34)30-11-10-17-21(23(32)33)29-31(19-9-6-15(26)13-18(19)27)22(17)20(30)12-14-4-7-16(28)8-5-14;;/h6-11,14-15H,5,12-13H2,1-4H3;4-9,12-13H,10-11H2,1-3H3,(H,32,33);;1H2/q;;+1;/p-1/b22-14-;20-12-;;. The first-order chi connectivity index (χ1) is 33.9. The van der Waals surface area contributed by atoms with E-state index in [2.05, 4.69) is 10.2 Å². The first-order valence-electron chi connectivity index (χ1n) is 22.4. The van der Waals surface area contributed by atoms with Crippen LogP contribution in [0.25, 0.3) is 34.9 Å². The van der Waals surface area contributed by atoms with Crippen LogP contribution >= 0.6 is 46.4 Å². The van der Waals surface area contributed by atoms with E-state index in [1.807, 2.05) is 0 Å². The number of benzene rings is 4. The zero-order valence-corrected chi connectivity index (χ0v) is 44.5. The molecule has 0 fully saturated rings. The number of nitrogens with zero attached hydrogens (tertiary/aromatic N) is 6. The van der Waals surface area contributed by atoms with Gasteiger partial charge in [0.05, 0.1) is 50.8 Å². The molecule has 74 heavy (non-hydrogen) atoms. The fourth-order valence-electron chi connectivity index (χ4n) is 7.77. The third-order valence-corrected chi connectivity index (χ3v) is 11.8. The van der Waals surface area contributed by atoms with Crippen molar-refractivity contribution in [3.63, 3.8) is 0 Å². The van der Waals surface area contributed by atoms with Crippen LogP contribution in [0.1, 0.15) is 103 Å². The monoisotopic (exact) mass is 1090 g/mol. The number of carboxylic acids is 1. The van der Waals surface area contributed by atoms with E-state index < -0.39 is 47.0 Å². The molecule has 0 saturated heterocycles. The summed E-state index contributed by atoms with van der Waals surface area (Å²) in [5.41, 5.74) is 3.16. The molecule has 0 bridgehead atoms. The van der Waals surface area contributed by atoms with Crippen molar-refractivity contribution in [1.82, 2.24) is 29.4 Å². The second-order valence-electron chi connectivity index (χ2n) is 18.3. The van der Waals surface area contributed by atoms with Crippen molar-refractivity contribution in [2.24, 2.45) is 0 Å². The summed E-state index contributed by atoms with van der Waals surface area (Å²) < 4.78 is 46.6. The van der Waals surface area contributed by atoms with Gasteiger partial charge in [0, 0.05) is 34.3 Å². The summed E-state index contributed by atoms with van der Waals surface area (Å²) in [4.78, 5) is 54.4. The number of ether oxygens (including phenoxy) is 3. The number of hydrogen-bond donors (Lipinski definition) is 1. The molecule has 0 saturated carbocycles. The van der Waals surface area contributed by atoms with Gasteiger partial charge in [-0.05, 0) is 145 Å². The quantitative estimate of drug-likeness (QED) is 0.0910. The maximum Gasteiger partial charge on any atom is 1.00 e. The van der Waals surface area contributed by atoms with Crippen molar-refractivity contribution < 1.29 is 71.6 Å². The van der Waals surface area contributed by atoms with E-state index in [0.29, 0.717) is 77.9 Å². The summed E-state index contributed by atoms with van der Waals surface area (Å²) in [7, 11) is 0. The third kappa shape index (κ3) is 13.6. The Kier molecular flexibility index (Phi) is 19.1. The summed E-state index contributed by atoms with van der Waals surface area (Å²) in [6, 6.07) is 21.2. The van der Waals surface area contributed by atoms with Gasteiger partial charge in [0.1, 0.15) is 22.8 Å². The van der Waals surface area contributed by atoms with Crippen molar-refractivity contribution in [1.29, 1.82) is 0 Å².